The van der Waals surface area contributed by atoms with Crippen LogP contribution in [0.15, 0.2) is 5.38 Å². The van der Waals surface area contributed by atoms with Crippen LogP contribution in [-0.4, -0.2) is 32.4 Å². The summed E-state index contributed by atoms with van der Waals surface area (Å²) in [5.74, 6) is -1.19. The van der Waals surface area contributed by atoms with Crippen molar-refractivity contribution in [1.29, 1.82) is 5.26 Å². The fourth-order valence-corrected chi connectivity index (χ4v) is 1.72. The molecule has 1 heterocycles. The predicted octanol–water partition coefficient (Wildman–Crippen LogP) is 0.149. The van der Waals surface area contributed by atoms with Crippen molar-refractivity contribution >= 4 is 17.3 Å². The molecule has 0 saturated carbocycles. The summed E-state index contributed by atoms with van der Waals surface area (Å²) in [5.41, 5.74) is -0.182. The highest BCUT2D eigenvalue weighted by Gasteiger charge is 2.22. The minimum Gasteiger partial charge on any atom is -0.476 e. The third-order valence-electron chi connectivity index (χ3n) is 1.66. The lowest BCUT2D eigenvalue weighted by Crippen LogP contribution is -2.17. The molecule has 2 atom stereocenters. The van der Waals surface area contributed by atoms with E-state index < -0.39 is 18.2 Å². The Hall–Kier alpha value is -1.49. The van der Waals surface area contributed by atoms with E-state index >= 15 is 0 Å². The molecule has 1 rings (SSSR count). The number of hydrogen-bond donors (Lipinski definition) is 3. The fraction of sp³-hybridized carbons (Fsp3) is 0.375. The van der Waals surface area contributed by atoms with Gasteiger partial charge in [0, 0.05) is 5.38 Å². The number of nitrogens with zero attached hydrogens (tertiary/aromatic N) is 2. The van der Waals surface area contributed by atoms with Crippen LogP contribution in [0.2, 0.25) is 0 Å². The van der Waals surface area contributed by atoms with E-state index in [2.05, 4.69) is 4.98 Å². The number of carboxylic acid groups (broad SMARTS) is 1. The number of thiazole rings is 1. The van der Waals surface area contributed by atoms with Crippen LogP contribution in [0, 0.1) is 11.3 Å². The first kappa shape index (κ1) is 11.6. The smallest absolute Gasteiger partial charge is 0.355 e. The molecule has 0 amide bonds. The maximum absolute atomic E-state index is 10.5. The maximum Gasteiger partial charge on any atom is 0.355 e. The second kappa shape index (κ2) is 4.84. The summed E-state index contributed by atoms with van der Waals surface area (Å²) in [6.07, 6.45) is -2.80. The van der Waals surface area contributed by atoms with Gasteiger partial charge in [-0.05, 0) is 0 Å². The molecule has 0 saturated heterocycles. The molecule has 0 spiro atoms. The molecule has 0 aliphatic carbocycles. The highest BCUT2D eigenvalue weighted by atomic mass is 32.1. The zero-order chi connectivity index (χ0) is 11.4. The zero-order valence-electron chi connectivity index (χ0n) is 7.49. The second-order valence-corrected chi connectivity index (χ2v) is 3.64. The van der Waals surface area contributed by atoms with E-state index in [-0.39, 0.29) is 17.1 Å². The molecule has 80 valence electrons. The first-order valence-corrected chi connectivity index (χ1v) is 4.86. The third-order valence-corrected chi connectivity index (χ3v) is 2.57. The Kier molecular flexibility index (Phi) is 3.74. The summed E-state index contributed by atoms with van der Waals surface area (Å²) in [6.45, 7) is 0. The van der Waals surface area contributed by atoms with Crippen LogP contribution in [-0.2, 0) is 0 Å². The van der Waals surface area contributed by atoms with E-state index in [0.717, 1.165) is 11.3 Å². The van der Waals surface area contributed by atoms with Crippen molar-refractivity contribution in [3.63, 3.8) is 0 Å². The van der Waals surface area contributed by atoms with E-state index in [9.17, 15) is 15.0 Å². The van der Waals surface area contributed by atoms with Crippen molar-refractivity contribution in [3.8, 4) is 6.07 Å². The molecule has 1 aromatic heterocycles. The Morgan fingerprint density at radius 1 is 1.67 bits per heavy atom. The van der Waals surface area contributed by atoms with Crippen LogP contribution in [0.25, 0.3) is 0 Å². The monoisotopic (exact) mass is 228 g/mol. The number of nitriles is 1. The van der Waals surface area contributed by atoms with Crippen molar-refractivity contribution in [2.24, 2.45) is 0 Å². The van der Waals surface area contributed by atoms with Gasteiger partial charge in [0.05, 0.1) is 18.6 Å². The Balaban J connectivity index is 2.78. The minimum atomic E-state index is -1.32. The number of carboxylic acids is 1. The highest BCUT2D eigenvalue weighted by molar-refractivity contribution is 7.09. The van der Waals surface area contributed by atoms with Gasteiger partial charge in [0.25, 0.3) is 0 Å². The number of hydrogen-bond acceptors (Lipinski definition) is 6. The van der Waals surface area contributed by atoms with Gasteiger partial charge in [0.15, 0.2) is 5.69 Å². The molecule has 0 fully saturated rings. The molecule has 0 bridgehead atoms. The van der Waals surface area contributed by atoms with Crippen molar-refractivity contribution in [1.82, 2.24) is 4.98 Å². The molecule has 15 heavy (non-hydrogen) atoms. The first-order chi connectivity index (χ1) is 7.06. The number of aliphatic hydroxyl groups is 2. The summed E-state index contributed by atoms with van der Waals surface area (Å²) in [7, 11) is 0. The third kappa shape index (κ3) is 2.73. The van der Waals surface area contributed by atoms with Gasteiger partial charge in [0.1, 0.15) is 11.1 Å². The predicted molar refractivity (Wildman–Crippen MR) is 50.3 cm³/mol. The summed E-state index contributed by atoms with van der Waals surface area (Å²) in [5, 5.41) is 37.0. The highest BCUT2D eigenvalue weighted by Crippen LogP contribution is 2.22. The van der Waals surface area contributed by atoms with E-state index in [0.29, 0.717) is 0 Å². The molecular weight excluding hydrogens is 220 g/mol. The lowest BCUT2D eigenvalue weighted by molar-refractivity contribution is 0.0213. The molecular formula is C8H8N2O4S. The Bertz CT molecular complexity index is 398. The quantitative estimate of drug-likeness (QED) is 0.675. The first-order valence-electron chi connectivity index (χ1n) is 3.98. The number of aromatic nitrogens is 1. The van der Waals surface area contributed by atoms with Crippen LogP contribution in [0.4, 0.5) is 0 Å². The van der Waals surface area contributed by atoms with E-state index in [1.54, 1.807) is 6.07 Å². The standard InChI is InChI=1S/C8H8N2O4S/c9-2-1-5(11)6(12)7-10-4(3-15-7)8(13)14/h3,5-6,11-12H,1H2,(H,13,14). The average molecular weight is 228 g/mol. The van der Waals surface area contributed by atoms with Gasteiger partial charge in [-0.1, -0.05) is 0 Å². The Morgan fingerprint density at radius 2 is 2.33 bits per heavy atom. The van der Waals surface area contributed by atoms with Gasteiger partial charge in [-0.15, -0.1) is 11.3 Å². The number of aromatic carboxylic acids is 1. The van der Waals surface area contributed by atoms with Crippen LogP contribution < -0.4 is 0 Å². The van der Waals surface area contributed by atoms with Gasteiger partial charge in [-0.3, -0.25) is 0 Å². The average Bonchev–Trinajstić information content (AvgIpc) is 2.65. The van der Waals surface area contributed by atoms with Crippen molar-refractivity contribution in [2.75, 3.05) is 0 Å². The van der Waals surface area contributed by atoms with Crippen molar-refractivity contribution in [3.05, 3.63) is 16.1 Å². The number of rotatable bonds is 4. The van der Waals surface area contributed by atoms with Crippen molar-refractivity contribution < 1.29 is 20.1 Å². The van der Waals surface area contributed by atoms with Crippen LogP contribution in [0.1, 0.15) is 28.0 Å². The summed E-state index contributed by atoms with van der Waals surface area (Å²) < 4.78 is 0. The molecule has 7 heteroatoms. The van der Waals surface area contributed by atoms with Gasteiger partial charge in [0.2, 0.25) is 0 Å². The Morgan fingerprint density at radius 3 is 2.80 bits per heavy atom. The van der Waals surface area contributed by atoms with E-state index in [1.807, 2.05) is 0 Å². The van der Waals surface area contributed by atoms with Crippen LogP contribution in [0.5, 0.6) is 0 Å². The van der Waals surface area contributed by atoms with E-state index in [1.165, 1.54) is 5.38 Å². The van der Waals surface area contributed by atoms with Gasteiger partial charge >= 0.3 is 5.97 Å². The van der Waals surface area contributed by atoms with Crippen molar-refractivity contribution in [2.45, 2.75) is 18.6 Å². The summed E-state index contributed by atoms with van der Waals surface area (Å²) in [4.78, 5) is 14.1. The van der Waals surface area contributed by atoms with Gasteiger partial charge < -0.3 is 15.3 Å². The normalized spacial score (nSPS) is 14.2. The van der Waals surface area contributed by atoms with Crippen LogP contribution in [0.3, 0.4) is 0 Å². The molecule has 1 aromatic rings. The molecule has 3 N–H and O–H groups in total. The SMILES string of the molecule is N#CCC(O)C(O)c1nc(C(=O)O)cs1. The second-order valence-electron chi connectivity index (χ2n) is 2.75. The summed E-state index contributed by atoms with van der Waals surface area (Å²) in [6, 6.07) is 1.70. The molecule has 0 aliphatic rings. The van der Waals surface area contributed by atoms with Gasteiger partial charge in [-0.2, -0.15) is 5.26 Å². The van der Waals surface area contributed by atoms with E-state index in [4.69, 9.17) is 10.4 Å². The number of aliphatic hydroxyl groups excluding tert-OH is 2. The molecule has 6 nitrogen and oxygen atoms in total. The topological polar surface area (TPSA) is 114 Å². The molecule has 0 aliphatic heterocycles. The molecule has 0 aromatic carbocycles. The van der Waals surface area contributed by atoms with Crippen LogP contribution >= 0.6 is 11.3 Å². The lowest BCUT2D eigenvalue weighted by atomic mass is 10.1. The minimum absolute atomic E-state index is 0.0927. The molecule has 0 radical (unpaired) electrons. The Labute approximate surface area is 89.1 Å². The fourth-order valence-electron chi connectivity index (χ4n) is 0.891. The largest absolute Gasteiger partial charge is 0.476 e. The zero-order valence-corrected chi connectivity index (χ0v) is 8.31. The number of carbonyl (C=O) groups is 1. The molecule has 2 unspecified atom stereocenters. The lowest BCUT2D eigenvalue weighted by Gasteiger charge is -2.11. The maximum atomic E-state index is 10.5. The van der Waals surface area contributed by atoms with Gasteiger partial charge in [-0.25, -0.2) is 9.78 Å². The summed E-state index contributed by atoms with van der Waals surface area (Å²) >= 11 is 0.929.